The van der Waals surface area contributed by atoms with Gasteiger partial charge >= 0.3 is 23.6 Å². The number of alkyl carbamates (subject to hydrolysis) is 2. The zero-order valence-electron chi connectivity index (χ0n) is 25.9. The fourth-order valence-corrected chi connectivity index (χ4v) is 5.10. The van der Waals surface area contributed by atoms with Crippen LogP contribution in [0.1, 0.15) is 49.3 Å². The number of H-pyrrole nitrogens is 2. The van der Waals surface area contributed by atoms with Gasteiger partial charge in [0.1, 0.15) is 37.9 Å². The third kappa shape index (κ3) is 9.04. The predicted molar refractivity (Wildman–Crippen MR) is 163 cm³/mol. The highest BCUT2D eigenvalue weighted by molar-refractivity contribution is 5.67. The molecule has 22 heteroatoms. The molecule has 0 aromatic carbocycles. The van der Waals surface area contributed by atoms with Crippen molar-refractivity contribution >= 4 is 12.2 Å². The summed E-state index contributed by atoms with van der Waals surface area (Å²) in [7, 11) is 0. The van der Waals surface area contributed by atoms with E-state index in [-0.39, 0.29) is 50.3 Å². The Kier molecular flexibility index (Phi) is 12.0. The zero-order valence-corrected chi connectivity index (χ0v) is 25.9. The van der Waals surface area contributed by atoms with Crippen LogP contribution >= 0.6 is 0 Å². The van der Waals surface area contributed by atoms with Gasteiger partial charge in [-0.15, -0.1) is 0 Å². The predicted octanol–water partition coefficient (Wildman–Crippen LogP) is 0.869. The number of hydrogen-bond acceptors (Lipinski definition) is 12. The molecule has 0 bridgehead atoms. The highest BCUT2D eigenvalue weighted by Gasteiger charge is 2.38. The van der Waals surface area contributed by atoms with Crippen LogP contribution in [0.3, 0.4) is 0 Å². The van der Waals surface area contributed by atoms with Gasteiger partial charge in [0.25, 0.3) is 11.1 Å². The minimum Gasteiger partial charge on any atom is -0.447 e. The number of carbonyl (C=O) groups is 2. The number of nitrogens with one attached hydrogen (secondary N) is 4. The van der Waals surface area contributed by atoms with Crippen molar-refractivity contribution in [1.29, 1.82) is 0 Å². The molecule has 0 radical (unpaired) electrons. The molecule has 4 heterocycles. The maximum Gasteiger partial charge on any atom is 0.407 e. The first kappa shape index (κ1) is 35.3. The second-order valence-corrected chi connectivity index (χ2v) is 11.0. The molecule has 2 amide bonds. The molecule has 258 valence electrons. The lowest BCUT2D eigenvalue weighted by Gasteiger charge is -2.17. The maximum atomic E-state index is 12.2. The van der Waals surface area contributed by atoms with Gasteiger partial charge in [-0.2, -0.15) is 0 Å². The quantitative estimate of drug-likeness (QED) is 0.100. The number of amides is 2. The van der Waals surface area contributed by atoms with Gasteiger partial charge in [-0.05, 0) is 37.8 Å². The van der Waals surface area contributed by atoms with Crippen molar-refractivity contribution in [3.8, 4) is 0 Å². The summed E-state index contributed by atoms with van der Waals surface area (Å²) in [5.41, 5.74) is 16.0. The summed E-state index contributed by atoms with van der Waals surface area (Å²) < 4.78 is 24.3. The number of rotatable bonds is 13. The molecule has 0 saturated carbocycles. The summed E-state index contributed by atoms with van der Waals surface area (Å²) in [5.74, 6) is 0. The summed E-state index contributed by atoms with van der Waals surface area (Å²) in [5, 5.41) is 12.5. The van der Waals surface area contributed by atoms with Crippen molar-refractivity contribution in [3.05, 3.63) is 86.1 Å². The van der Waals surface area contributed by atoms with Crippen LogP contribution in [0.25, 0.3) is 20.9 Å². The highest BCUT2D eigenvalue weighted by atomic mass is 16.6. The average molecular weight is 675 g/mol. The summed E-state index contributed by atoms with van der Waals surface area (Å²) in [4.78, 5) is 82.1. The van der Waals surface area contributed by atoms with E-state index in [0.29, 0.717) is 12.8 Å². The molecule has 48 heavy (non-hydrogen) atoms. The Morgan fingerprint density at radius 2 is 1.21 bits per heavy atom. The number of aryl methyl sites for hydroxylation is 2. The lowest BCUT2D eigenvalue weighted by Crippen LogP contribution is -2.34. The molecular weight excluding hydrogens is 640 g/mol. The van der Waals surface area contributed by atoms with Crippen LogP contribution in [0.2, 0.25) is 0 Å². The number of unbranched alkanes of at least 4 members (excludes halogenated alkanes) is 1. The molecule has 2 saturated heterocycles. The van der Waals surface area contributed by atoms with Crippen LogP contribution in [0.5, 0.6) is 0 Å². The Hall–Kier alpha value is -5.56. The van der Waals surface area contributed by atoms with Crippen molar-refractivity contribution in [2.75, 3.05) is 26.3 Å². The van der Waals surface area contributed by atoms with Crippen LogP contribution < -0.4 is 33.1 Å². The molecule has 2 fully saturated rings. The largest absolute Gasteiger partial charge is 0.447 e. The van der Waals surface area contributed by atoms with Crippen LogP contribution in [0, 0.1) is 13.8 Å². The van der Waals surface area contributed by atoms with Crippen molar-refractivity contribution < 1.29 is 28.5 Å². The van der Waals surface area contributed by atoms with Gasteiger partial charge in [0, 0.05) is 59.3 Å². The molecule has 2 aromatic rings. The van der Waals surface area contributed by atoms with Gasteiger partial charge in [-0.1, -0.05) is 10.2 Å². The maximum absolute atomic E-state index is 12.2. The lowest BCUT2D eigenvalue weighted by atomic mass is 10.1. The number of nitrogens with zero attached hydrogens (tertiary/aromatic N) is 8. The van der Waals surface area contributed by atoms with Gasteiger partial charge in [-0.3, -0.25) is 28.7 Å². The number of aromatic nitrogens is 4. The van der Waals surface area contributed by atoms with E-state index in [4.69, 9.17) is 30.0 Å². The van der Waals surface area contributed by atoms with Crippen LogP contribution in [-0.2, 0) is 18.9 Å². The van der Waals surface area contributed by atoms with E-state index in [1.165, 1.54) is 35.4 Å². The molecule has 2 aliphatic rings. The van der Waals surface area contributed by atoms with Crippen LogP contribution in [-0.4, -0.2) is 81.9 Å². The second kappa shape index (κ2) is 16.3. The molecular formula is C26H34N12O10. The third-order valence-corrected chi connectivity index (χ3v) is 7.62. The highest BCUT2D eigenvalue weighted by Crippen LogP contribution is 2.31. The lowest BCUT2D eigenvalue weighted by molar-refractivity contribution is -0.0308. The number of azide groups is 2. The molecule has 0 aliphatic carbocycles. The Morgan fingerprint density at radius 3 is 1.58 bits per heavy atom. The van der Waals surface area contributed by atoms with Crippen LogP contribution in [0.4, 0.5) is 9.59 Å². The summed E-state index contributed by atoms with van der Waals surface area (Å²) in [6.45, 7) is 2.96. The Labute approximate surface area is 269 Å². The topological polar surface area (TPSA) is 302 Å². The Bertz CT molecular complexity index is 1690. The summed E-state index contributed by atoms with van der Waals surface area (Å²) in [6, 6.07) is -1.46. The Balaban J connectivity index is 1.13. The monoisotopic (exact) mass is 674 g/mol. The minimum atomic E-state index is -0.841. The van der Waals surface area contributed by atoms with Gasteiger partial charge in [0.05, 0.1) is 12.1 Å². The molecule has 6 atom stereocenters. The average Bonchev–Trinajstić information content (AvgIpc) is 3.64. The molecule has 0 spiro atoms. The van der Waals surface area contributed by atoms with Gasteiger partial charge in [0.2, 0.25) is 0 Å². The molecule has 4 rings (SSSR count). The summed E-state index contributed by atoms with van der Waals surface area (Å²) in [6.07, 6.45) is -0.987. The van der Waals surface area contributed by atoms with Crippen molar-refractivity contribution in [1.82, 2.24) is 29.7 Å². The van der Waals surface area contributed by atoms with E-state index in [2.05, 4.69) is 40.7 Å². The minimum absolute atomic E-state index is 0.126. The molecule has 22 nitrogen and oxygen atoms in total. The summed E-state index contributed by atoms with van der Waals surface area (Å²) >= 11 is 0. The van der Waals surface area contributed by atoms with E-state index in [1.807, 2.05) is 0 Å². The molecule has 2 unspecified atom stereocenters. The first-order valence-electron chi connectivity index (χ1n) is 14.9. The molecule has 4 N–H and O–H groups in total. The smallest absolute Gasteiger partial charge is 0.407 e. The number of hydrogen-bond donors (Lipinski definition) is 4. The van der Waals surface area contributed by atoms with Gasteiger partial charge in [0.15, 0.2) is 0 Å². The Morgan fingerprint density at radius 1 is 0.812 bits per heavy atom. The van der Waals surface area contributed by atoms with Crippen molar-refractivity contribution in [3.63, 3.8) is 0 Å². The van der Waals surface area contributed by atoms with E-state index >= 15 is 0 Å². The van der Waals surface area contributed by atoms with E-state index in [0.717, 1.165) is 0 Å². The third-order valence-electron chi connectivity index (χ3n) is 7.62. The zero-order chi connectivity index (χ0) is 34.8. The van der Waals surface area contributed by atoms with Crippen molar-refractivity contribution in [2.45, 2.75) is 76.3 Å². The molecule has 2 aliphatic heterocycles. The van der Waals surface area contributed by atoms with E-state index in [1.54, 1.807) is 0 Å². The second-order valence-electron chi connectivity index (χ2n) is 11.0. The number of carbonyl (C=O) groups excluding carboxylic acids is 2. The molecule has 2 aromatic heterocycles. The standard InChI is InChI=1S/C26H34N12O10/c1-13-9-37(23(41)31-21(13)39)19-7-15(33-35-27)17(47-19)11-45-25(43)29-5-3-4-6-30-26(44)46-12-18-16(34-36-28)8-20(48-18)38-10-14(2)22(40)32-24(38)42/h9-10,15-20H,3-8,11-12H2,1-2H3,(H,29,43)(H,30,44)(H,31,39,41)(H,32,40,42)/t15?,16?,17-,18-,19-,20-/m1/s1. The SMILES string of the molecule is Cc1cn([C@H]2CC(N=[N+]=[N-])[C@@H](COC(=O)NCCCCNC(=O)OC[C@H]3O[C@@H](n4cc(C)c(=O)[nH]c4=O)CC3N=[N+]=[N-])O2)c(=O)[nH]c1=O. The van der Waals surface area contributed by atoms with Gasteiger partial charge < -0.3 is 29.6 Å². The fourth-order valence-electron chi connectivity index (χ4n) is 5.10. The van der Waals surface area contributed by atoms with Crippen LogP contribution in [0.15, 0.2) is 41.8 Å². The van der Waals surface area contributed by atoms with E-state index in [9.17, 15) is 28.8 Å². The van der Waals surface area contributed by atoms with Crippen molar-refractivity contribution in [2.24, 2.45) is 10.2 Å². The first-order chi connectivity index (χ1) is 23.0. The number of aromatic amines is 2. The van der Waals surface area contributed by atoms with Gasteiger partial charge in [-0.25, -0.2) is 19.2 Å². The fraction of sp³-hybridized carbons (Fsp3) is 0.615. The first-order valence-corrected chi connectivity index (χ1v) is 14.9. The number of ether oxygens (including phenoxy) is 4. The normalized spacial score (nSPS) is 23.0. The van der Waals surface area contributed by atoms with E-state index < -0.39 is 71.4 Å².